The highest BCUT2D eigenvalue weighted by atomic mass is 15.2. The van der Waals surface area contributed by atoms with Gasteiger partial charge >= 0.3 is 0 Å². The molecule has 0 amide bonds. The summed E-state index contributed by atoms with van der Waals surface area (Å²) in [5.74, 6) is 0. The van der Waals surface area contributed by atoms with Crippen molar-refractivity contribution in [1.82, 2.24) is 4.90 Å². The molecule has 0 aromatic rings. The Morgan fingerprint density at radius 2 is 1.17 bits per heavy atom. The topological polar surface area (TPSA) is 27.0 Å². The van der Waals surface area contributed by atoms with Crippen LogP contribution in [0.3, 0.4) is 0 Å². The summed E-state index contributed by atoms with van der Waals surface area (Å²) in [4.78, 5) is 2.42. The Morgan fingerprint density at radius 3 is 1.62 bits per heavy atom. The van der Waals surface area contributed by atoms with Crippen molar-refractivity contribution in [3.63, 3.8) is 0 Å². The molecule has 2 nitrogen and oxygen atoms in total. The van der Waals surface area contributed by atoms with E-state index >= 15 is 0 Å². The molecule has 0 spiro atoms. The van der Waals surface area contributed by atoms with E-state index in [1.165, 1.54) is 103 Å². The molecule has 0 radical (unpaired) electrons. The van der Waals surface area contributed by atoms with Crippen LogP contribution in [0.1, 0.15) is 116 Å². The van der Waals surface area contributed by atoms with Gasteiger partial charge in [0.2, 0.25) is 0 Å². The van der Waals surface area contributed by atoms with Crippen molar-refractivity contribution in [2.24, 2.45) is 0 Å². The summed E-state index contributed by atoms with van der Waals surface area (Å²) < 4.78 is 0. The molecule has 1 fully saturated rings. The Labute approximate surface area is 152 Å². The highest BCUT2D eigenvalue weighted by molar-refractivity contribution is 4.92. The van der Waals surface area contributed by atoms with Crippen molar-refractivity contribution >= 4 is 0 Å². The van der Waals surface area contributed by atoms with E-state index in [2.05, 4.69) is 17.9 Å². The van der Waals surface area contributed by atoms with Gasteiger partial charge in [-0.1, -0.05) is 96.8 Å². The molecule has 24 heavy (non-hydrogen) atoms. The summed E-state index contributed by atoms with van der Waals surface area (Å²) in [5, 5.41) is 9.38. The van der Waals surface area contributed by atoms with Crippen LogP contribution in [0.2, 0.25) is 0 Å². The van der Waals surface area contributed by atoms with E-state index in [0.29, 0.717) is 0 Å². The number of hydrogen-bond donors (Lipinski definition) is 0. The fourth-order valence-corrected chi connectivity index (χ4v) is 3.91. The van der Waals surface area contributed by atoms with Crippen molar-refractivity contribution in [2.75, 3.05) is 13.1 Å². The van der Waals surface area contributed by atoms with E-state index < -0.39 is 0 Å². The fraction of sp³-hybridized carbons (Fsp3) is 0.955. The van der Waals surface area contributed by atoms with Gasteiger partial charge in [0.1, 0.15) is 0 Å². The highest BCUT2D eigenvalue weighted by Gasteiger charge is 2.19. The Bertz CT molecular complexity index is 302. The molecule has 1 unspecified atom stereocenters. The summed E-state index contributed by atoms with van der Waals surface area (Å²) in [7, 11) is 0. The van der Waals surface area contributed by atoms with Gasteiger partial charge in [-0.2, -0.15) is 5.26 Å². The number of unbranched alkanes of at least 4 members (excludes halogenated alkanes) is 12. The van der Waals surface area contributed by atoms with Gasteiger partial charge < -0.3 is 0 Å². The van der Waals surface area contributed by atoms with Crippen molar-refractivity contribution in [3.05, 3.63) is 0 Å². The minimum absolute atomic E-state index is 0.193. The number of nitrogens with zero attached hydrogens (tertiary/aromatic N) is 2. The van der Waals surface area contributed by atoms with Crippen LogP contribution in [-0.2, 0) is 0 Å². The predicted octanol–water partition coefficient (Wildman–Crippen LogP) is 6.85. The normalized spacial score (nSPS) is 16.8. The van der Waals surface area contributed by atoms with Crippen LogP contribution in [0.5, 0.6) is 0 Å². The first-order chi connectivity index (χ1) is 11.9. The third kappa shape index (κ3) is 11.1. The van der Waals surface area contributed by atoms with E-state index in [1.54, 1.807) is 0 Å². The SMILES string of the molecule is CCCCCCCCCCCCCCCC(C#N)N1CCCCC1. The van der Waals surface area contributed by atoms with E-state index in [9.17, 15) is 5.26 Å². The maximum Gasteiger partial charge on any atom is 0.0977 e. The maximum atomic E-state index is 9.38. The average Bonchev–Trinajstić information content (AvgIpc) is 2.63. The molecule has 1 rings (SSSR count). The third-order valence-corrected chi connectivity index (χ3v) is 5.56. The van der Waals surface area contributed by atoms with Crippen LogP contribution in [0.4, 0.5) is 0 Å². The number of likely N-dealkylation sites (tertiary alicyclic amines) is 1. The maximum absolute atomic E-state index is 9.38. The summed E-state index contributed by atoms with van der Waals surface area (Å²) in [6.07, 6.45) is 23.2. The predicted molar refractivity (Wildman–Crippen MR) is 105 cm³/mol. The zero-order valence-corrected chi connectivity index (χ0v) is 16.4. The summed E-state index contributed by atoms with van der Waals surface area (Å²) >= 11 is 0. The Balaban J connectivity index is 1.83. The largest absolute Gasteiger partial charge is 0.288 e. The molecule has 1 aliphatic rings. The fourth-order valence-electron chi connectivity index (χ4n) is 3.91. The van der Waals surface area contributed by atoms with Crippen LogP contribution >= 0.6 is 0 Å². The van der Waals surface area contributed by atoms with Crippen LogP contribution in [-0.4, -0.2) is 24.0 Å². The van der Waals surface area contributed by atoms with Gasteiger partial charge in [-0.15, -0.1) is 0 Å². The minimum Gasteiger partial charge on any atom is -0.288 e. The van der Waals surface area contributed by atoms with Gasteiger partial charge in [0.25, 0.3) is 0 Å². The van der Waals surface area contributed by atoms with E-state index in [0.717, 1.165) is 19.5 Å². The third-order valence-electron chi connectivity index (χ3n) is 5.56. The van der Waals surface area contributed by atoms with Crippen molar-refractivity contribution < 1.29 is 0 Å². The molecular formula is C22H42N2. The quantitative estimate of drug-likeness (QED) is 0.306. The zero-order chi connectivity index (χ0) is 17.3. The van der Waals surface area contributed by atoms with E-state index in [1.807, 2.05) is 0 Å². The standard InChI is InChI=1S/C22H42N2/c1-2-3-4-5-6-7-8-9-10-11-12-13-15-18-22(21-23)24-19-16-14-17-20-24/h22H,2-20H2,1H3. The molecule has 1 atom stereocenters. The van der Waals surface area contributed by atoms with Crippen LogP contribution in [0.25, 0.3) is 0 Å². The molecule has 2 heteroatoms. The van der Waals surface area contributed by atoms with Gasteiger partial charge in [-0.3, -0.25) is 4.90 Å². The second kappa shape index (κ2) is 15.9. The first kappa shape index (κ1) is 21.5. The van der Waals surface area contributed by atoms with E-state index in [-0.39, 0.29) is 6.04 Å². The van der Waals surface area contributed by atoms with Crippen LogP contribution < -0.4 is 0 Å². The van der Waals surface area contributed by atoms with Gasteiger partial charge in [-0.25, -0.2) is 0 Å². The molecule has 0 saturated carbocycles. The molecule has 1 heterocycles. The lowest BCUT2D eigenvalue weighted by Gasteiger charge is -2.30. The Morgan fingerprint density at radius 1 is 0.708 bits per heavy atom. The molecule has 0 aliphatic carbocycles. The number of piperidine rings is 1. The van der Waals surface area contributed by atoms with Gasteiger partial charge in [-0.05, 0) is 32.4 Å². The Kier molecular flexibility index (Phi) is 14.3. The second-order valence-corrected chi connectivity index (χ2v) is 7.77. The van der Waals surface area contributed by atoms with Gasteiger partial charge in [0.15, 0.2) is 0 Å². The van der Waals surface area contributed by atoms with Crippen molar-refractivity contribution in [1.29, 1.82) is 5.26 Å². The smallest absolute Gasteiger partial charge is 0.0977 e. The molecular weight excluding hydrogens is 292 g/mol. The lowest BCUT2D eigenvalue weighted by atomic mass is 10.0. The monoisotopic (exact) mass is 334 g/mol. The second-order valence-electron chi connectivity index (χ2n) is 7.77. The first-order valence-electron chi connectivity index (χ1n) is 11.0. The molecule has 0 N–H and O–H groups in total. The molecule has 0 aromatic heterocycles. The number of nitriles is 1. The number of hydrogen-bond acceptors (Lipinski definition) is 2. The highest BCUT2D eigenvalue weighted by Crippen LogP contribution is 2.17. The summed E-state index contributed by atoms with van der Waals surface area (Å²) in [6, 6.07) is 2.73. The summed E-state index contributed by atoms with van der Waals surface area (Å²) in [6.45, 7) is 4.58. The summed E-state index contributed by atoms with van der Waals surface area (Å²) in [5.41, 5.74) is 0. The molecule has 1 aliphatic heterocycles. The van der Waals surface area contributed by atoms with Gasteiger partial charge in [0.05, 0.1) is 12.1 Å². The molecule has 140 valence electrons. The van der Waals surface area contributed by atoms with Crippen LogP contribution in [0.15, 0.2) is 0 Å². The first-order valence-corrected chi connectivity index (χ1v) is 11.0. The minimum atomic E-state index is 0.193. The molecule has 0 bridgehead atoms. The Hall–Kier alpha value is -0.550. The van der Waals surface area contributed by atoms with Gasteiger partial charge in [0, 0.05) is 0 Å². The number of rotatable bonds is 15. The van der Waals surface area contributed by atoms with Crippen molar-refractivity contribution in [2.45, 2.75) is 122 Å². The lowest BCUT2D eigenvalue weighted by Crippen LogP contribution is -2.38. The zero-order valence-electron chi connectivity index (χ0n) is 16.4. The lowest BCUT2D eigenvalue weighted by molar-refractivity contribution is 0.185. The van der Waals surface area contributed by atoms with Crippen LogP contribution in [0, 0.1) is 11.3 Å². The average molecular weight is 335 g/mol. The van der Waals surface area contributed by atoms with Crippen molar-refractivity contribution in [3.8, 4) is 6.07 Å². The molecule has 0 aromatic carbocycles. The molecule has 1 saturated heterocycles. The van der Waals surface area contributed by atoms with E-state index in [4.69, 9.17) is 0 Å².